The number of hydrogen-bond donors (Lipinski definition) is 2. The van der Waals surface area contributed by atoms with Crippen molar-refractivity contribution in [3.63, 3.8) is 0 Å². The van der Waals surface area contributed by atoms with Gasteiger partial charge in [-0.3, -0.25) is 4.79 Å². The fourth-order valence-electron chi connectivity index (χ4n) is 4.23. The summed E-state index contributed by atoms with van der Waals surface area (Å²) in [5.41, 5.74) is 2.91. The van der Waals surface area contributed by atoms with Crippen molar-refractivity contribution in [1.29, 1.82) is 5.26 Å². The predicted octanol–water partition coefficient (Wildman–Crippen LogP) is 4.20. The van der Waals surface area contributed by atoms with Gasteiger partial charge in [-0.2, -0.15) is 9.57 Å². The molecule has 2 aromatic heterocycles. The van der Waals surface area contributed by atoms with Crippen LogP contribution >= 0.6 is 11.3 Å². The highest BCUT2D eigenvalue weighted by molar-refractivity contribution is 7.89. The maximum Gasteiger partial charge on any atom is 0.244 e. The normalized spacial score (nSPS) is 15.3. The molecule has 2 N–H and O–H groups in total. The number of rotatable bonds is 5. The van der Waals surface area contributed by atoms with Crippen molar-refractivity contribution < 1.29 is 13.2 Å². The second-order valence-electron chi connectivity index (χ2n) is 8.06. The number of anilines is 1. The molecule has 0 unspecified atom stereocenters. The van der Waals surface area contributed by atoms with Crippen molar-refractivity contribution in [2.24, 2.45) is 5.92 Å². The van der Waals surface area contributed by atoms with Crippen LogP contribution in [-0.4, -0.2) is 41.7 Å². The van der Waals surface area contributed by atoms with Crippen molar-refractivity contribution in [3.8, 4) is 17.3 Å². The second-order valence-corrected chi connectivity index (χ2v) is 10.8. The molecule has 0 bridgehead atoms. The Bertz CT molecular complexity index is 1510. The lowest BCUT2D eigenvalue weighted by molar-refractivity contribution is -0.120. The summed E-state index contributed by atoms with van der Waals surface area (Å²) in [5, 5.41) is 15.6. The molecule has 0 saturated carbocycles. The lowest BCUT2D eigenvalue weighted by atomic mass is 9.97. The molecule has 10 heteroatoms. The SMILES string of the molecule is N#Cc1ccccc1S(=O)(=O)N1CCC(C(=O)Nc2nc(-c3c[nH]c4ccccc34)cs2)CC1. The van der Waals surface area contributed by atoms with Gasteiger partial charge in [0.25, 0.3) is 0 Å². The molecule has 0 spiro atoms. The number of nitrogens with zero attached hydrogens (tertiary/aromatic N) is 3. The molecule has 3 heterocycles. The molecule has 172 valence electrons. The Morgan fingerprint density at radius 3 is 2.68 bits per heavy atom. The fraction of sp³-hybridized carbons (Fsp3) is 0.208. The van der Waals surface area contributed by atoms with E-state index in [4.69, 9.17) is 0 Å². The van der Waals surface area contributed by atoms with E-state index < -0.39 is 10.0 Å². The Morgan fingerprint density at radius 2 is 1.88 bits per heavy atom. The highest BCUT2D eigenvalue weighted by Crippen LogP contribution is 2.32. The van der Waals surface area contributed by atoms with Crippen LogP contribution < -0.4 is 5.32 Å². The molecule has 0 atom stereocenters. The van der Waals surface area contributed by atoms with Gasteiger partial charge in [-0.25, -0.2) is 13.4 Å². The molecule has 1 saturated heterocycles. The Morgan fingerprint density at radius 1 is 1.15 bits per heavy atom. The van der Waals surface area contributed by atoms with Gasteiger partial charge in [0.1, 0.15) is 6.07 Å². The molecule has 1 fully saturated rings. The van der Waals surface area contributed by atoms with Crippen LogP contribution in [0.1, 0.15) is 18.4 Å². The average molecular weight is 492 g/mol. The van der Waals surface area contributed by atoms with Gasteiger partial charge in [-0.15, -0.1) is 11.3 Å². The number of amides is 1. The summed E-state index contributed by atoms with van der Waals surface area (Å²) in [6, 6.07) is 16.1. The van der Waals surface area contributed by atoms with Gasteiger partial charge < -0.3 is 10.3 Å². The van der Waals surface area contributed by atoms with Gasteiger partial charge >= 0.3 is 0 Å². The number of aromatic nitrogens is 2. The van der Waals surface area contributed by atoms with E-state index >= 15 is 0 Å². The standard InChI is InChI=1S/C24H21N5O3S2/c25-13-17-5-1-4-8-22(17)34(31,32)29-11-9-16(10-12-29)23(30)28-24-27-21(15-33-24)19-14-26-20-7-3-2-6-18(19)20/h1-8,14-16,26H,9-12H2,(H,27,28,30). The van der Waals surface area contributed by atoms with Crippen molar-refractivity contribution in [1.82, 2.24) is 14.3 Å². The van der Waals surface area contributed by atoms with Gasteiger partial charge in [0.05, 0.1) is 16.2 Å². The first-order chi connectivity index (χ1) is 16.5. The maximum absolute atomic E-state index is 13.0. The third kappa shape index (κ3) is 4.09. The Balaban J connectivity index is 1.24. The Hall–Kier alpha value is -3.52. The van der Waals surface area contributed by atoms with Crippen LogP contribution in [0.25, 0.3) is 22.2 Å². The van der Waals surface area contributed by atoms with Crippen molar-refractivity contribution in [2.75, 3.05) is 18.4 Å². The fourth-order valence-corrected chi connectivity index (χ4v) is 6.55. The lowest BCUT2D eigenvalue weighted by Crippen LogP contribution is -2.41. The van der Waals surface area contributed by atoms with E-state index in [1.807, 2.05) is 41.9 Å². The zero-order chi connectivity index (χ0) is 23.7. The molecule has 4 aromatic rings. The van der Waals surface area contributed by atoms with Crippen LogP contribution in [0.15, 0.2) is 65.0 Å². The molecule has 5 rings (SSSR count). The van der Waals surface area contributed by atoms with E-state index in [2.05, 4.69) is 15.3 Å². The van der Waals surface area contributed by atoms with Crippen LogP contribution in [0.3, 0.4) is 0 Å². The molecule has 0 radical (unpaired) electrons. The number of aromatic amines is 1. The molecule has 0 aliphatic carbocycles. The highest BCUT2D eigenvalue weighted by Gasteiger charge is 2.33. The first-order valence-corrected chi connectivity index (χ1v) is 13.1. The number of piperidine rings is 1. The third-order valence-electron chi connectivity index (χ3n) is 6.05. The molecule has 8 nitrogen and oxygen atoms in total. The molecule has 2 aromatic carbocycles. The average Bonchev–Trinajstić information content (AvgIpc) is 3.51. The Labute approximate surface area is 200 Å². The molecule has 1 aliphatic heterocycles. The summed E-state index contributed by atoms with van der Waals surface area (Å²) in [6.07, 6.45) is 2.72. The second kappa shape index (κ2) is 9.02. The molecular weight excluding hydrogens is 470 g/mol. The zero-order valence-corrected chi connectivity index (χ0v) is 19.7. The van der Waals surface area contributed by atoms with Gasteiger partial charge in [0, 0.05) is 47.1 Å². The number of nitriles is 1. The first kappa shape index (κ1) is 22.3. The first-order valence-electron chi connectivity index (χ1n) is 10.8. The number of carbonyl (C=O) groups is 1. The van der Waals surface area contributed by atoms with Crippen molar-refractivity contribution >= 4 is 43.3 Å². The van der Waals surface area contributed by atoms with Crippen LogP contribution in [0, 0.1) is 17.2 Å². The van der Waals surface area contributed by atoms with E-state index in [1.54, 1.807) is 12.1 Å². The minimum absolute atomic E-state index is 0.00740. The van der Waals surface area contributed by atoms with Gasteiger partial charge in [-0.1, -0.05) is 30.3 Å². The number of carbonyl (C=O) groups excluding carboxylic acids is 1. The summed E-state index contributed by atoms with van der Waals surface area (Å²) in [5.74, 6) is -0.465. The minimum Gasteiger partial charge on any atom is -0.360 e. The summed E-state index contributed by atoms with van der Waals surface area (Å²) in [4.78, 5) is 20.7. The zero-order valence-electron chi connectivity index (χ0n) is 18.1. The number of para-hydroxylation sites is 1. The van der Waals surface area contributed by atoms with E-state index in [9.17, 15) is 18.5 Å². The number of nitrogens with one attached hydrogen (secondary N) is 2. The number of benzene rings is 2. The smallest absolute Gasteiger partial charge is 0.244 e. The molecule has 1 aliphatic rings. The van der Waals surface area contributed by atoms with E-state index in [1.165, 1.54) is 27.8 Å². The van der Waals surface area contributed by atoms with E-state index in [0.717, 1.165) is 22.2 Å². The quantitative estimate of drug-likeness (QED) is 0.434. The summed E-state index contributed by atoms with van der Waals surface area (Å²) >= 11 is 1.36. The van der Waals surface area contributed by atoms with E-state index in [0.29, 0.717) is 18.0 Å². The third-order valence-corrected chi connectivity index (χ3v) is 8.76. The van der Waals surface area contributed by atoms with Crippen LogP contribution in [-0.2, 0) is 14.8 Å². The Kier molecular flexibility index (Phi) is 5.91. The van der Waals surface area contributed by atoms with Crippen LogP contribution in [0.4, 0.5) is 5.13 Å². The van der Waals surface area contributed by atoms with Crippen molar-refractivity contribution in [3.05, 3.63) is 65.7 Å². The van der Waals surface area contributed by atoms with Gasteiger partial charge in [0.15, 0.2) is 5.13 Å². The number of thiazole rings is 1. The molecule has 34 heavy (non-hydrogen) atoms. The maximum atomic E-state index is 13.0. The summed E-state index contributed by atoms with van der Waals surface area (Å²) in [6.45, 7) is 0.442. The number of H-pyrrole nitrogens is 1. The predicted molar refractivity (Wildman–Crippen MR) is 131 cm³/mol. The molecule has 1 amide bonds. The lowest BCUT2D eigenvalue weighted by Gasteiger charge is -2.30. The molecular formula is C24H21N5O3S2. The largest absolute Gasteiger partial charge is 0.360 e. The number of fused-ring (bicyclic) bond motifs is 1. The monoisotopic (exact) mass is 491 g/mol. The van der Waals surface area contributed by atoms with E-state index in [-0.39, 0.29) is 35.4 Å². The van der Waals surface area contributed by atoms with Crippen molar-refractivity contribution in [2.45, 2.75) is 17.7 Å². The van der Waals surface area contributed by atoms with Crippen LogP contribution in [0.5, 0.6) is 0 Å². The summed E-state index contributed by atoms with van der Waals surface area (Å²) in [7, 11) is -3.79. The van der Waals surface area contributed by atoms with Gasteiger partial charge in [-0.05, 0) is 31.0 Å². The minimum atomic E-state index is -3.79. The summed E-state index contributed by atoms with van der Waals surface area (Å²) < 4.78 is 27.4. The number of sulfonamides is 1. The topological polar surface area (TPSA) is 119 Å². The highest BCUT2D eigenvalue weighted by atomic mass is 32.2. The number of hydrogen-bond acceptors (Lipinski definition) is 6. The van der Waals surface area contributed by atoms with Crippen LogP contribution in [0.2, 0.25) is 0 Å². The van der Waals surface area contributed by atoms with Gasteiger partial charge in [0.2, 0.25) is 15.9 Å².